The SMILES string of the molecule is Cc1cc(C)c(NC(=O)C(C)Sc2n[nH]c(=O)n2CCc2ccccc2)c(C)c1. The Morgan fingerprint density at radius 3 is 2.48 bits per heavy atom. The minimum atomic E-state index is -0.402. The number of anilines is 1. The number of carbonyl (C=O) groups excluding carboxylic acids is 1. The van der Waals surface area contributed by atoms with Crippen LogP contribution in [0.2, 0.25) is 0 Å². The first kappa shape index (κ1) is 20.9. The van der Waals surface area contributed by atoms with Crippen molar-refractivity contribution in [3.63, 3.8) is 0 Å². The lowest BCUT2D eigenvalue weighted by molar-refractivity contribution is -0.115. The van der Waals surface area contributed by atoms with Crippen molar-refractivity contribution >= 4 is 23.4 Å². The highest BCUT2D eigenvalue weighted by molar-refractivity contribution is 8.00. The zero-order valence-corrected chi connectivity index (χ0v) is 18.0. The Bertz CT molecular complexity index is 1030. The van der Waals surface area contributed by atoms with Gasteiger partial charge in [-0.25, -0.2) is 9.89 Å². The zero-order valence-electron chi connectivity index (χ0n) is 17.2. The Hall–Kier alpha value is -2.80. The van der Waals surface area contributed by atoms with Gasteiger partial charge in [-0.2, -0.15) is 0 Å². The second kappa shape index (κ2) is 9.13. The van der Waals surface area contributed by atoms with Gasteiger partial charge in [-0.05, 0) is 50.8 Å². The molecule has 3 aromatic rings. The highest BCUT2D eigenvalue weighted by Crippen LogP contribution is 2.25. The molecule has 0 aliphatic heterocycles. The number of H-pyrrole nitrogens is 1. The molecule has 6 nitrogen and oxygen atoms in total. The maximum Gasteiger partial charge on any atom is 0.343 e. The van der Waals surface area contributed by atoms with Gasteiger partial charge in [0.1, 0.15) is 0 Å². The van der Waals surface area contributed by atoms with Crippen LogP contribution in [0.25, 0.3) is 0 Å². The molecule has 1 aromatic heterocycles. The summed E-state index contributed by atoms with van der Waals surface area (Å²) in [5, 5.41) is 9.75. The minimum Gasteiger partial charge on any atom is -0.325 e. The first-order chi connectivity index (χ1) is 13.8. The largest absolute Gasteiger partial charge is 0.343 e. The normalized spacial score (nSPS) is 12.0. The Kier molecular flexibility index (Phi) is 6.59. The maximum absolute atomic E-state index is 12.7. The van der Waals surface area contributed by atoms with E-state index in [-0.39, 0.29) is 11.6 Å². The summed E-state index contributed by atoms with van der Waals surface area (Å²) >= 11 is 1.28. The molecule has 0 fully saturated rings. The zero-order chi connectivity index (χ0) is 21.0. The summed E-state index contributed by atoms with van der Waals surface area (Å²) in [7, 11) is 0. The molecule has 0 saturated heterocycles. The van der Waals surface area contributed by atoms with Crippen LogP contribution in [0.1, 0.15) is 29.2 Å². The number of carbonyl (C=O) groups is 1. The fourth-order valence-corrected chi connectivity index (χ4v) is 4.17. The lowest BCUT2D eigenvalue weighted by Crippen LogP contribution is -2.25. The van der Waals surface area contributed by atoms with E-state index in [1.807, 2.05) is 58.0 Å². The molecular weight excluding hydrogens is 384 g/mol. The topological polar surface area (TPSA) is 79.8 Å². The number of thioether (sulfide) groups is 1. The van der Waals surface area contributed by atoms with E-state index >= 15 is 0 Å². The van der Waals surface area contributed by atoms with Crippen molar-refractivity contribution in [2.45, 2.75) is 51.1 Å². The molecule has 2 aromatic carbocycles. The Labute approximate surface area is 174 Å². The van der Waals surface area contributed by atoms with Crippen LogP contribution in [0.5, 0.6) is 0 Å². The van der Waals surface area contributed by atoms with Gasteiger partial charge in [-0.1, -0.05) is 59.8 Å². The second-order valence-electron chi connectivity index (χ2n) is 7.22. The number of amides is 1. The molecule has 7 heteroatoms. The van der Waals surface area contributed by atoms with Crippen LogP contribution in [0.3, 0.4) is 0 Å². The number of nitrogens with zero attached hydrogens (tertiary/aromatic N) is 2. The van der Waals surface area contributed by atoms with Crippen LogP contribution in [-0.2, 0) is 17.8 Å². The molecule has 0 aliphatic carbocycles. The van der Waals surface area contributed by atoms with Crippen molar-refractivity contribution < 1.29 is 4.79 Å². The number of aromatic amines is 1. The van der Waals surface area contributed by atoms with Crippen LogP contribution < -0.4 is 11.0 Å². The van der Waals surface area contributed by atoms with Gasteiger partial charge in [0.15, 0.2) is 5.16 Å². The van der Waals surface area contributed by atoms with Gasteiger partial charge in [0.2, 0.25) is 5.91 Å². The monoisotopic (exact) mass is 410 g/mol. The third-order valence-electron chi connectivity index (χ3n) is 4.77. The van der Waals surface area contributed by atoms with E-state index in [0.717, 1.165) is 28.8 Å². The van der Waals surface area contributed by atoms with Crippen molar-refractivity contribution in [1.29, 1.82) is 0 Å². The summed E-state index contributed by atoms with van der Waals surface area (Å²) in [5.41, 5.74) is 4.96. The summed E-state index contributed by atoms with van der Waals surface area (Å²) < 4.78 is 1.59. The lowest BCUT2D eigenvalue weighted by atomic mass is 10.1. The van der Waals surface area contributed by atoms with E-state index in [9.17, 15) is 9.59 Å². The molecule has 0 bridgehead atoms. The van der Waals surface area contributed by atoms with Crippen molar-refractivity contribution in [2.24, 2.45) is 0 Å². The number of rotatable bonds is 7. The van der Waals surface area contributed by atoms with Crippen LogP contribution in [0.15, 0.2) is 52.4 Å². The highest BCUT2D eigenvalue weighted by Gasteiger charge is 2.20. The average molecular weight is 411 g/mol. The summed E-state index contributed by atoms with van der Waals surface area (Å²) in [5.74, 6) is -0.116. The lowest BCUT2D eigenvalue weighted by Gasteiger charge is -2.16. The molecule has 1 atom stereocenters. The quantitative estimate of drug-likeness (QED) is 0.580. The number of hydrogen-bond donors (Lipinski definition) is 2. The van der Waals surface area contributed by atoms with Gasteiger partial charge >= 0.3 is 5.69 Å². The fourth-order valence-electron chi connectivity index (χ4n) is 3.29. The first-order valence-corrected chi connectivity index (χ1v) is 10.5. The molecule has 1 unspecified atom stereocenters. The van der Waals surface area contributed by atoms with Crippen molar-refractivity contribution in [3.05, 3.63) is 75.2 Å². The summed E-state index contributed by atoms with van der Waals surface area (Å²) in [6.07, 6.45) is 0.718. The second-order valence-corrected chi connectivity index (χ2v) is 8.53. The van der Waals surface area contributed by atoms with Crippen molar-refractivity contribution in [2.75, 3.05) is 5.32 Å². The van der Waals surface area contributed by atoms with Crippen LogP contribution in [0.4, 0.5) is 5.69 Å². The molecular formula is C22H26N4O2S. The van der Waals surface area contributed by atoms with Gasteiger partial charge in [-0.3, -0.25) is 9.36 Å². The number of nitrogens with one attached hydrogen (secondary N) is 2. The summed E-state index contributed by atoms with van der Waals surface area (Å²) in [6, 6.07) is 14.1. The molecule has 2 N–H and O–H groups in total. The van der Waals surface area contributed by atoms with Crippen LogP contribution in [-0.4, -0.2) is 25.9 Å². The van der Waals surface area contributed by atoms with E-state index in [2.05, 4.69) is 27.6 Å². The molecule has 0 spiro atoms. The Morgan fingerprint density at radius 2 is 1.83 bits per heavy atom. The summed E-state index contributed by atoms with van der Waals surface area (Å²) in [6.45, 7) is 8.34. The summed E-state index contributed by atoms with van der Waals surface area (Å²) in [4.78, 5) is 24.9. The van der Waals surface area contributed by atoms with Crippen molar-refractivity contribution in [3.8, 4) is 0 Å². The molecule has 3 rings (SSSR count). The van der Waals surface area contributed by atoms with Crippen molar-refractivity contribution in [1.82, 2.24) is 14.8 Å². The van der Waals surface area contributed by atoms with Crippen LogP contribution in [0, 0.1) is 20.8 Å². The predicted octanol–water partition coefficient (Wildman–Crippen LogP) is 3.86. The van der Waals surface area contributed by atoms with Gasteiger partial charge < -0.3 is 5.32 Å². The van der Waals surface area contributed by atoms with E-state index in [1.54, 1.807) is 4.57 Å². The molecule has 1 amide bonds. The maximum atomic E-state index is 12.7. The third kappa shape index (κ3) is 5.17. The molecule has 0 saturated carbocycles. The van der Waals surface area contributed by atoms with E-state index < -0.39 is 5.25 Å². The molecule has 0 radical (unpaired) electrons. The number of aryl methyl sites for hydroxylation is 4. The number of aromatic nitrogens is 3. The Morgan fingerprint density at radius 1 is 1.17 bits per heavy atom. The average Bonchev–Trinajstić information content (AvgIpc) is 3.03. The number of hydrogen-bond acceptors (Lipinski definition) is 4. The van der Waals surface area contributed by atoms with E-state index in [1.165, 1.54) is 17.3 Å². The molecule has 1 heterocycles. The van der Waals surface area contributed by atoms with Gasteiger partial charge in [0.05, 0.1) is 5.25 Å². The standard InChI is InChI=1S/C22H26N4O2S/c1-14-12-15(2)19(16(3)13-14)23-20(27)17(4)29-22-25-24-21(28)26(22)11-10-18-8-6-5-7-9-18/h5-9,12-13,17H,10-11H2,1-4H3,(H,23,27)(H,24,28). The van der Waals surface area contributed by atoms with Gasteiger partial charge in [0, 0.05) is 12.2 Å². The Balaban J connectivity index is 1.68. The smallest absolute Gasteiger partial charge is 0.325 e. The van der Waals surface area contributed by atoms with E-state index in [0.29, 0.717) is 11.7 Å². The van der Waals surface area contributed by atoms with E-state index in [4.69, 9.17) is 0 Å². The minimum absolute atomic E-state index is 0.116. The van der Waals surface area contributed by atoms with Crippen LogP contribution >= 0.6 is 11.8 Å². The highest BCUT2D eigenvalue weighted by atomic mass is 32.2. The number of benzene rings is 2. The molecule has 0 aliphatic rings. The fraction of sp³-hybridized carbons (Fsp3) is 0.318. The molecule has 152 valence electrons. The third-order valence-corrected chi connectivity index (χ3v) is 5.86. The first-order valence-electron chi connectivity index (χ1n) is 9.59. The predicted molar refractivity (Wildman–Crippen MR) is 118 cm³/mol. The molecule has 29 heavy (non-hydrogen) atoms. The van der Waals surface area contributed by atoms with Gasteiger partial charge in [0.25, 0.3) is 0 Å². The van der Waals surface area contributed by atoms with Gasteiger partial charge in [-0.15, -0.1) is 5.10 Å².